The van der Waals surface area contributed by atoms with E-state index in [0.29, 0.717) is 5.92 Å². The predicted molar refractivity (Wildman–Crippen MR) is 117 cm³/mol. The van der Waals surface area contributed by atoms with Gasteiger partial charge < -0.3 is 15.0 Å². The first kappa shape index (κ1) is 19.8. The number of anilines is 1. The van der Waals surface area contributed by atoms with Crippen LogP contribution in [0, 0.1) is 5.92 Å². The summed E-state index contributed by atoms with van der Waals surface area (Å²) in [5.41, 5.74) is 2.47. The topological polar surface area (TPSA) is 44.8 Å². The predicted octanol–water partition coefficient (Wildman–Crippen LogP) is 3.13. The van der Waals surface area contributed by atoms with E-state index in [-0.39, 0.29) is 11.8 Å². The molecule has 2 fully saturated rings. The molecule has 2 atom stereocenters. The molecule has 4 rings (SSSR count). The number of carbonyl (C=O) groups is 1. The van der Waals surface area contributed by atoms with Gasteiger partial charge in [-0.2, -0.15) is 0 Å². The monoisotopic (exact) mass is 393 g/mol. The summed E-state index contributed by atoms with van der Waals surface area (Å²) in [6, 6.07) is 18.6. The highest BCUT2D eigenvalue weighted by Crippen LogP contribution is 2.47. The lowest BCUT2D eigenvalue weighted by Gasteiger charge is -2.36. The summed E-state index contributed by atoms with van der Waals surface area (Å²) in [4.78, 5) is 17.2. The lowest BCUT2D eigenvalue weighted by molar-refractivity contribution is -0.122. The third-order valence-electron chi connectivity index (χ3n) is 6.10. The standard InChI is InChI=1S/C24H31N3O2/c1-29-23-11-6-5-10-22(23)27-16-14-26(15-17-27)13-7-12-25-24(28)21-18-20(21)19-8-3-2-4-9-19/h2-6,8-11,20-21H,7,12-18H2,1H3,(H,25,28). The van der Waals surface area contributed by atoms with Crippen LogP contribution in [0.25, 0.3) is 0 Å². The van der Waals surface area contributed by atoms with Crippen LogP contribution in [0.5, 0.6) is 5.75 Å². The number of hydrogen-bond acceptors (Lipinski definition) is 4. The number of para-hydroxylation sites is 2. The van der Waals surface area contributed by atoms with Crippen molar-refractivity contribution >= 4 is 11.6 Å². The largest absolute Gasteiger partial charge is 0.495 e. The van der Waals surface area contributed by atoms with Crippen molar-refractivity contribution in [1.29, 1.82) is 0 Å². The maximum atomic E-state index is 12.4. The molecule has 0 spiro atoms. The van der Waals surface area contributed by atoms with Crippen LogP contribution in [-0.2, 0) is 4.79 Å². The molecule has 154 valence electrons. The van der Waals surface area contributed by atoms with Crippen LogP contribution in [-0.4, -0.2) is 57.2 Å². The Kier molecular flexibility index (Phi) is 6.35. The highest BCUT2D eigenvalue weighted by molar-refractivity contribution is 5.82. The van der Waals surface area contributed by atoms with Gasteiger partial charge in [-0.15, -0.1) is 0 Å². The number of nitrogens with zero attached hydrogens (tertiary/aromatic N) is 2. The smallest absolute Gasteiger partial charge is 0.223 e. The van der Waals surface area contributed by atoms with Crippen molar-refractivity contribution in [3.63, 3.8) is 0 Å². The molecule has 1 aliphatic carbocycles. The molecule has 1 saturated carbocycles. The van der Waals surface area contributed by atoms with E-state index in [1.807, 2.05) is 18.2 Å². The summed E-state index contributed by atoms with van der Waals surface area (Å²) in [6.45, 7) is 5.91. The third kappa shape index (κ3) is 4.91. The average Bonchev–Trinajstić information content (AvgIpc) is 3.59. The van der Waals surface area contributed by atoms with Gasteiger partial charge in [-0.1, -0.05) is 42.5 Å². The number of piperazine rings is 1. The number of rotatable bonds is 8. The zero-order valence-corrected chi connectivity index (χ0v) is 17.2. The van der Waals surface area contributed by atoms with Crippen LogP contribution in [0.2, 0.25) is 0 Å². The summed E-state index contributed by atoms with van der Waals surface area (Å²) in [5.74, 6) is 1.75. The van der Waals surface area contributed by atoms with Crippen molar-refractivity contribution in [2.45, 2.75) is 18.8 Å². The molecule has 5 heteroatoms. The summed E-state index contributed by atoms with van der Waals surface area (Å²) in [5, 5.41) is 3.14. The maximum absolute atomic E-state index is 12.4. The summed E-state index contributed by atoms with van der Waals surface area (Å²) >= 11 is 0. The Hall–Kier alpha value is -2.53. The zero-order chi connectivity index (χ0) is 20.1. The Balaban J connectivity index is 1.13. The minimum Gasteiger partial charge on any atom is -0.495 e. The molecule has 1 heterocycles. The van der Waals surface area contributed by atoms with E-state index in [2.05, 4.69) is 51.5 Å². The number of benzene rings is 2. The van der Waals surface area contributed by atoms with Gasteiger partial charge >= 0.3 is 0 Å². The number of methoxy groups -OCH3 is 1. The molecule has 0 bridgehead atoms. The second kappa shape index (κ2) is 9.31. The SMILES string of the molecule is COc1ccccc1N1CCN(CCCNC(=O)C2CC2c2ccccc2)CC1. The molecule has 0 radical (unpaired) electrons. The van der Waals surface area contributed by atoms with Crippen molar-refractivity contribution < 1.29 is 9.53 Å². The van der Waals surface area contributed by atoms with Gasteiger partial charge in [0.1, 0.15) is 5.75 Å². The fraction of sp³-hybridized carbons (Fsp3) is 0.458. The summed E-state index contributed by atoms with van der Waals surface area (Å²) < 4.78 is 5.49. The summed E-state index contributed by atoms with van der Waals surface area (Å²) in [7, 11) is 1.73. The number of ether oxygens (including phenoxy) is 1. The van der Waals surface area contributed by atoms with E-state index in [4.69, 9.17) is 4.74 Å². The Bertz CT molecular complexity index is 803. The van der Waals surface area contributed by atoms with Crippen LogP contribution in [0.4, 0.5) is 5.69 Å². The molecule has 2 unspecified atom stereocenters. The minimum atomic E-state index is 0.168. The first-order valence-electron chi connectivity index (χ1n) is 10.7. The number of hydrogen-bond donors (Lipinski definition) is 1. The first-order valence-corrected chi connectivity index (χ1v) is 10.7. The van der Waals surface area contributed by atoms with Crippen molar-refractivity contribution in [3.05, 3.63) is 60.2 Å². The van der Waals surface area contributed by atoms with Crippen molar-refractivity contribution in [2.24, 2.45) is 5.92 Å². The molecule has 2 aromatic rings. The van der Waals surface area contributed by atoms with Crippen molar-refractivity contribution in [1.82, 2.24) is 10.2 Å². The van der Waals surface area contributed by atoms with E-state index in [1.165, 1.54) is 11.3 Å². The molecule has 2 aromatic carbocycles. The van der Waals surface area contributed by atoms with Crippen LogP contribution in [0.3, 0.4) is 0 Å². The van der Waals surface area contributed by atoms with E-state index >= 15 is 0 Å². The van der Waals surface area contributed by atoms with Gasteiger partial charge in [0.2, 0.25) is 5.91 Å². The maximum Gasteiger partial charge on any atom is 0.223 e. The van der Waals surface area contributed by atoms with E-state index < -0.39 is 0 Å². The molecule has 5 nitrogen and oxygen atoms in total. The van der Waals surface area contributed by atoms with E-state index in [9.17, 15) is 4.79 Å². The number of amides is 1. The van der Waals surface area contributed by atoms with Crippen LogP contribution < -0.4 is 15.0 Å². The second-order valence-electron chi connectivity index (χ2n) is 8.00. The van der Waals surface area contributed by atoms with Crippen LogP contribution >= 0.6 is 0 Å². The van der Waals surface area contributed by atoms with Gasteiger partial charge in [-0.05, 0) is 43.0 Å². The lowest BCUT2D eigenvalue weighted by Crippen LogP contribution is -2.47. The molecule has 29 heavy (non-hydrogen) atoms. The Morgan fingerprint density at radius 1 is 1.03 bits per heavy atom. The quantitative estimate of drug-likeness (QED) is 0.700. The van der Waals surface area contributed by atoms with Gasteiger partial charge in [0.25, 0.3) is 0 Å². The molecular weight excluding hydrogens is 362 g/mol. The zero-order valence-electron chi connectivity index (χ0n) is 17.2. The lowest BCUT2D eigenvalue weighted by atomic mass is 10.1. The van der Waals surface area contributed by atoms with E-state index in [0.717, 1.165) is 57.9 Å². The highest BCUT2D eigenvalue weighted by atomic mass is 16.5. The molecular formula is C24H31N3O2. The molecule has 1 amide bonds. The minimum absolute atomic E-state index is 0.168. The number of nitrogens with one attached hydrogen (secondary N) is 1. The van der Waals surface area contributed by atoms with Gasteiger partial charge in [-0.3, -0.25) is 9.69 Å². The Morgan fingerprint density at radius 3 is 2.52 bits per heavy atom. The fourth-order valence-corrected chi connectivity index (χ4v) is 4.30. The van der Waals surface area contributed by atoms with Crippen LogP contribution in [0.15, 0.2) is 54.6 Å². The summed E-state index contributed by atoms with van der Waals surface area (Å²) in [6.07, 6.45) is 1.99. The Labute approximate surface area is 173 Å². The van der Waals surface area contributed by atoms with Crippen molar-refractivity contribution in [2.75, 3.05) is 51.3 Å². The molecule has 1 N–H and O–H groups in total. The third-order valence-corrected chi connectivity index (χ3v) is 6.10. The molecule has 1 aliphatic heterocycles. The molecule has 1 saturated heterocycles. The van der Waals surface area contributed by atoms with Gasteiger partial charge in [-0.25, -0.2) is 0 Å². The molecule has 0 aromatic heterocycles. The fourth-order valence-electron chi connectivity index (χ4n) is 4.30. The number of carbonyl (C=O) groups excluding carboxylic acids is 1. The first-order chi connectivity index (χ1) is 14.3. The highest BCUT2D eigenvalue weighted by Gasteiger charge is 2.43. The van der Waals surface area contributed by atoms with Gasteiger partial charge in [0, 0.05) is 38.6 Å². The normalized spacial score (nSPS) is 21.6. The molecule has 2 aliphatic rings. The van der Waals surface area contributed by atoms with Gasteiger partial charge in [0.05, 0.1) is 12.8 Å². The van der Waals surface area contributed by atoms with Gasteiger partial charge in [0.15, 0.2) is 0 Å². The van der Waals surface area contributed by atoms with E-state index in [1.54, 1.807) is 7.11 Å². The van der Waals surface area contributed by atoms with Crippen LogP contribution in [0.1, 0.15) is 24.3 Å². The second-order valence-corrected chi connectivity index (χ2v) is 8.00. The van der Waals surface area contributed by atoms with Crippen molar-refractivity contribution in [3.8, 4) is 5.75 Å². The average molecular weight is 394 g/mol. The Morgan fingerprint density at radius 2 is 1.76 bits per heavy atom.